The van der Waals surface area contributed by atoms with E-state index in [9.17, 15) is 9.50 Å². The lowest BCUT2D eigenvalue weighted by Gasteiger charge is -2.15. The van der Waals surface area contributed by atoms with Crippen LogP contribution in [0.1, 0.15) is 17.2 Å². The van der Waals surface area contributed by atoms with Gasteiger partial charge in [0.25, 0.3) is 0 Å². The zero-order chi connectivity index (χ0) is 13.8. The maximum Gasteiger partial charge on any atom is 0.124 e. The molecule has 0 aromatic heterocycles. The van der Waals surface area contributed by atoms with Crippen molar-refractivity contribution in [2.45, 2.75) is 12.5 Å². The average Bonchev–Trinajstić information content (AvgIpc) is 2.39. The summed E-state index contributed by atoms with van der Waals surface area (Å²) in [5.74, 6) is 0.455. The van der Waals surface area contributed by atoms with Crippen LogP contribution in [0.4, 0.5) is 4.39 Å². The molecule has 1 atom stereocenters. The van der Waals surface area contributed by atoms with Crippen LogP contribution in [0, 0.1) is 9.39 Å². The lowest BCUT2D eigenvalue weighted by atomic mass is 10.0. The second-order valence-corrected chi connectivity index (χ2v) is 5.36. The zero-order valence-electron chi connectivity index (χ0n) is 10.4. The summed E-state index contributed by atoms with van der Waals surface area (Å²) in [6.07, 6.45) is -0.241. The van der Waals surface area contributed by atoms with Crippen molar-refractivity contribution < 1.29 is 14.2 Å². The quantitative estimate of drug-likeness (QED) is 0.830. The standard InChI is InChI=1S/C15H14FIO2/c1-19-15-5-3-2-4-10(15)8-14(18)12-7-6-11(16)9-13(12)17/h2-7,9,14,18H,8H2,1H3. The first kappa shape index (κ1) is 14.3. The Morgan fingerprint density at radius 3 is 2.68 bits per heavy atom. The molecule has 2 aromatic rings. The number of aliphatic hydroxyl groups is 1. The van der Waals surface area contributed by atoms with Crippen LogP contribution < -0.4 is 4.74 Å². The number of rotatable bonds is 4. The molecule has 0 aliphatic rings. The normalized spacial score (nSPS) is 12.2. The Morgan fingerprint density at radius 1 is 1.26 bits per heavy atom. The molecule has 2 rings (SSSR count). The molecular weight excluding hydrogens is 358 g/mol. The summed E-state index contributed by atoms with van der Waals surface area (Å²) in [5, 5.41) is 10.3. The summed E-state index contributed by atoms with van der Waals surface area (Å²) < 4.78 is 19.0. The minimum atomic E-state index is -0.677. The number of halogens is 2. The van der Waals surface area contributed by atoms with Crippen molar-refractivity contribution in [2.75, 3.05) is 7.11 Å². The van der Waals surface area contributed by atoms with Crippen molar-refractivity contribution in [3.63, 3.8) is 0 Å². The van der Waals surface area contributed by atoms with Crippen molar-refractivity contribution in [3.8, 4) is 5.75 Å². The van der Waals surface area contributed by atoms with Crippen molar-refractivity contribution in [1.29, 1.82) is 0 Å². The molecule has 0 aliphatic carbocycles. The predicted octanol–water partition coefficient (Wildman–Crippen LogP) is 3.72. The lowest BCUT2D eigenvalue weighted by molar-refractivity contribution is 0.176. The van der Waals surface area contributed by atoms with E-state index in [1.54, 1.807) is 13.2 Å². The highest BCUT2D eigenvalue weighted by Crippen LogP contribution is 2.27. The Kier molecular flexibility index (Phi) is 4.76. The van der Waals surface area contributed by atoms with E-state index >= 15 is 0 Å². The fourth-order valence-corrected chi connectivity index (χ4v) is 2.80. The van der Waals surface area contributed by atoms with Crippen LogP contribution in [0.2, 0.25) is 0 Å². The van der Waals surface area contributed by atoms with Gasteiger partial charge < -0.3 is 9.84 Å². The third-order valence-corrected chi connectivity index (χ3v) is 3.86. The number of hydrogen-bond acceptors (Lipinski definition) is 2. The third kappa shape index (κ3) is 3.45. The third-order valence-electron chi connectivity index (χ3n) is 2.93. The van der Waals surface area contributed by atoms with Gasteiger partial charge in [0.15, 0.2) is 0 Å². The second-order valence-electron chi connectivity index (χ2n) is 4.20. The molecule has 0 bridgehead atoms. The van der Waals surface area contributed by atoms with Gasteiger partial charge in [0.1, 0.15) is 11.6 Å². The molecule has 0 saturated carbocycles. The summed E-state index contributed by atoms with van der Waals surface area (Å²) in [6.45, 7) is 0. The van der Waals surface area contributed by atoms with E-state index in [0.29, 0.717) is 6.42 Å². The number of hydrogen-bond donors (Lipinski definition) is 1. The van der Waals surface area contributed by atoms with Crippen LogP contribution >= 0.6 is 22.6 Å². The van der Waals surface area contributed by atoms with Gasteiger partial charge in [-0.15, -0.1) is 0 Å². The Bertz CT molecular complexity index is 572. The molecule has 1 N–H and O–H groups in total. The van der Waals surface area contributed by atoms with E-state index in [2.05, 4.69) is 0 Å². The number of benzene rings is 2. The SMILES string of the molecule is COc1ccccc1CC(O)c1ccc(F)cc1I. The highest BCUT2D eigenvalue weighted by atomic mass is 127. The molecule has 0 heterocycles. The Balaban J connectivity index is 2.23. The van der Waals surface area contributed by atoms with E-state index in [1.807, 2.05) is 46.9 Å². The van der Waals surface area contributed by atoms with Gasteiger partial charge in [0, 0.05) is 9.99 Å². The molecule has 2 nitrogen and oxygen atoms in total. The molecule has 0 amide bonds. The van der Waals surface area contributed by atoms with E-state index in [0.717, 1.165) is 20.4 Å². The van der Waals surface area contributed by atoms with Gasteiger partial charge in [-0.1, -0.05) is 24.3 Å². The first-order valence-electron chi connectivity index (χ1n) is 5.86. The summed E-state index contributed by atoms with van der Waals surface area (Å²) in [4.78, 5) is 0. The minimum Gasteiger partial charge on any atom is -0.496 e. The topological polar surface area (TPSA) is 29.5 Å². The van der Waals surface area contributed by atoms with E-state index < -0.39 is 6.10 Å². The van der Waals surface area contributed by atoms with Gasteiger partial charge in [-0.3, -0.25) is 0 Å². The van der Waals surface area contributed by atoms with Crippen molar-refractivity contribution in [3.05, 3.63) is 63.0 Å². The highest BCUT2D eigenvalue weighted by Gasteiger charge is 2.14. The van der Waals surface area contributed by atoms with E-state index in [4.69, 9.17) is 4.74 Å². The van der Waals surface area contributed by atoms with Crippen LogP contribution in [0.3, 0.4) is 0 Å². The van der Waals surface area contributed by atoms with Gasteiger partial charge >= 0.3 is 0 Å². The monoisotopic (exact) mass is 372 g/mol. The molecule has 19 heavy (non-hydrogen) atoms. The van der Waals surface area contributed by atoms with Crippen molar-refractivity contribution in [2.24, 2.45) is 0 Å². The number of ether oxygens (including phenoxy) is 1. The molecule has 0 radical (unpaired) electrons. The fraction of sp³-hybridized carbons (Fsp3) is 0.200. The number of methoxy groups -OCH3 is 1. The molecule has 2 aromatic carbocycles. The van der Waals surface area contributed by atoms with Crippen LogP contribution in [-0.2, 0) is 6.42 Å². The molecule has 0 aliphatic heterocycles. The summed E-state index contributed by atoms with van der Waals surface area (Å²) in [5.41, 5.74) is 1.66. The van der Waals surface area contributed by atoms with Gasteiger partial charge in [0.05, 0.1) is 13.2 Å². The largest absolute Gasteiger partial charge is 0.496 e. The fourth-order valence-electron chi connectivity index (χ4n) is 1.96. The van der Waals surface area contributed by atoms with Gasteiger partial charge in [-0.2, -0.15) is 0 Å². The van der Waals surface area contributed by atoms with E-state index in [1.165, 1.54) is 12.1 Å². The highest BCUT2D eigenvalue weighted by molar-refractivity contribution is 14.1. The summed E-state index contributed by atoms with van der Waals surface area (Å²) in [6, 6.07) is 12.0. The zero-order valence-corrected chi connectivity index (χ0v) is 12.6. The first-order valence-corrected chi connectivity index (χ1v) is 6.94. The molecule has 0 fully saturated rings. The maximum absolute atomic E-state index is 13.1. The van der Waals surface area contributed by atoms with Crippen LogP contribution in [0.15, 0.2) is 42.5 Å². The van der Waals surface area contributed by atoms with Crippen molar-refractivity contribution >= 4 is 22.6 Å². The van der Waals surface area contributed by atoms with Crippen LogP contribution in [0.25, 0.3) is 0 Å². The molecular formula is C15H14FIO2. The summed E-state index contributed by atoms with van der Waals surface area (Å²) >= 11 is 2.03. The number of para-hydroxylation sites is 1. The van der Waals surface area contributed by atoms with E-state index in [-0.39, 0.29) is 5.82 Å². The Hall–Kier alpha value is -1.14. The second kappa shape index (κ2) is 6.34. The van der Waals surface area contributed by atoms with Crippen LogP contribution in [-0.4, -0.2) is 12.2 Å². The van der Waals surface area contributed by atoms with Gasteiger partial charge in [0.2, 0.25) is 0 Å². The number of aliphatic hydroxyl groups excluding tert-OH is 1. The molecule has 0 saturated heterocycles. The first-order chi connectivity index (χ1) is 9.11. The smallest absolute Gasteiger partial charge is 0.124 e. The molecule has 4 heteroatoms. The summed E-state index contributed by atoms with van der Waals surface area (Å²) in [7, 11) is 1.60. The van der Waals surface area contributed by atoms with Crippen LogP contribution in [0.5, 0.6) is 5.75 Å². The van der Waals surface area contributed by atoms with Gasteiger partial charge in [-0.25, -0.2) is 4.39 Å². The molecule has 100 valence electrons. The molecule has 1 unspecified atom stereocenters. The Morgan fingerprint density at radius 2 is 2.00 bits per heavy atom. The average molecular weight is 372 g/mol. The molecule has 0 spiro atoms. The Labute approximate surface area is 125 Å². The minimum absolute atomic E-state index is 0.294. The maximum atomic E-state index is 13.1. The van der Waals surface area contributed by atoms with Crippen molar-refractivity contribution in [1.82, 2.24) is 0 Å². The lowest BCUT2D eigenvalue weighted by Crippen LogP contribution is -2.05. The predicted molar refractivity (Wildman–Crippen MR) is 80.8 cm³/mol. The van der Waals surface area contributed by atoms with Gasteiger partial charge in [-0.05, 0) is 51.9 Å².